The minimum atomic E-state index is -4.31. The van der Waals surface area contributed by atoms with Gasteiger partial charge in [-0.15, -0.1) is 0 Å². The van der Waals surface area contributed by atoms with Crippen molar-refractivity contribution in [2.24, 2.45) is 0 Å². The van der Waals surface area contributed by atoms with Crippen LogP contribution >= 0.6 is 0 Å². The van der Waals surface area contributed by atoms with E-state index >= 15 is 0 Å². The molecule has 0 radical (unpaired) electrons. The quantitative estimate of drug-likeness (QED) is 0.415. The van der Waals surface area contributed by atoms with Crippen molar-refractivity contribution in [2.75, 3.05) is 23.2 Å². The summed E-state index contributed by atoms with van der Waals surface area (Å²) < 4.78 is 46.3. The molecule has 0 aliphatic carbocycles. The number of carbonyl (C=O) groups excluding carboxylic acids is 2. The number of halogens is 1. The molecule has 0 aromatic heterocycles. The van der Waals surface area contributed by atoms with E-state index in [2.05, 4.69) is 21.5 Å². The van der Waals surface area contributed by atoms with Crippen molar-refractivity contribution in [3.8, 4) is 5.75 Å². The molecule has 0 saturated heterocycles. The number of nitrogens with one attached hydrogen (secondary N) is 4. The maximum Gasteiger partial charge on any atom is 0.409 e. The van der Waals surface area contributed by atoms with Crippen molar-refractivity contribution in [3.63, 3.8) is 0 Å². The van der Waals surface area contributed by atoms with Crippen molar-refractivity contribution in [3.05, 3.63) is 48.3 Å². The molecule has 32 heavy (non-hydrogen) atoms. The van der Waals surface area contributed by atoms with Crippen LogP contribution in [0.25, 0.3) is 0 Å². The summed E-state index contributed by atoms with van der Waals surface area (Å²) >= 11 is 0. The molecule has 0 fully saturated rings. The van der Waals surface area contributed by atoms with E-state index in [-0.39, 0.29) is 22.0 Å². The molecule has 0 bridgehead atoms. The molecule has 0 spiro atoms. The Morgan fingerprint density at radius 3 is 2.44 bits per heavy atom. The van der Waals surface area contributed by atoms with Crippen LogP contribution in [0.5, 0.6) is 5.75 Å². The summed E-state index contributed by atoms with van der Waals surface area (Å²) in [5.41, 5.74) is 4.19. The van der Waals surface area contributed by atoms with Crippen molar-refractivity contribution < 1.29 is 37.0 Å². The van der Waals surface area contributed by atoms with Crippen LogP contribution in [-0.4, -0.2) is 51.3 Å². The van der Waals surface area contributed by atoms with Crippen molar-refractivity contribution in [1.29, 1.82) is 0 Å². The lowest BCUT2D eigenvalue weighted by Crippen LogP contribution is -2.55. The summed E-state index contributed by atoms with van der Waals surface area (Å²) in [6.45, 7) is -0.509. The highest BCUT2D eigenvalue weighted by molar-refractivity contribution is 7.92. The molecular weight excluding hydrogens is 449 g/mol. The largest absolute Gasteiger partial charge is 0.476 e. The van der Waals surface area contributed by atoms with Gasteiger partial charge in [0.15, 0.2) is 6.10 Å². The predicted octanol–water partition coefficient (Wildman–Crippen LogP) is 0.832. The molecule has 1 atom stereocenters. The highest BCUT2D eigenvalue weighted by Crippen LogP contribution is 2.39. The first kappa shape index (κ1) is 22.6. The summed E-state index contributed by atoms with van der Waals surface area (Å²) in [4.78, 5) is 34.4. The van der Waals surface area contributed by atoms with Gasteiger partial charge in [0.25, 0.3) is 15.9 Å². The van der Waals surface area contributed by atoms with Crippen LogP contribution in [0.3, 0.4) is 0 Å². The zero-order valence-corrected chi connectivity index (χ0v) is 17.3. The highest BCUT2D eigenvalue weighted by Gasteiger charge is 2.38. The van der Waals surface area contributed by atoms with E-state index in [1.54, 1.807) is 0 Å². The standard InChI is InChI=1S/C18H18FN5O7S/c1-20-17(26)23-22-16(25)15-9-24(32(29,30)12-5-2-10(19)3-6-12)13-8-11(21-18(27)28)4-7-14(13)31-15/h2-8,15,21H,9H2,1H3,(H,22,25)(H,27,28)(H2,20,23,26). The molecule has 1 aliphatic rings. The number of ether oxygens (including phenoxy) is 1. The Bertz CT molecular complexity index is 1160. The number of carbonyl (C=O) groups is 3. The number of sulfonamides is 1. The Labute approximate surface area is 181 Å². The van der Waals surface area contributed by atoms with Gasteiger partial charge in [-0.05, 0) is 42.5 Å². The minimum Gasteiger partial charge on any atom is -0.476 e. The lowest BCUT2D eigenvalue weighted by molar-refractivity contribution is -0.128. The molecule has 2 aromatic carbocycles. The molecule has 1 unspecified atom stereocenters. The third kappa shape index (κ3) is 4.80. The molecule has 1 heterocycles. The van der Waals surface area contributed by atoms with Gasteiger partial charge in [-0.3, -0.25) is 19.8 Å². The van der Waals surface area contributed by atoms with E-state index in [0.29, 0.717) is 0 Å². The maximum absolute atomic E-state index is 13.3. The summed E-state index contributed by atoms with van der Waals surface area (Å²) in [6, 6.07) is 7.17. The second-order valence-corrected chi connectivity index (χ2v) is 8.26. The van der Waals surface area contributed by atoms with Crippen LogP contribution < -0.4 is 30.5 Å². The van der Waals surface area contributed by atoms with Crippen molar-refractivity contribution in [1.82, 2.24) is 16.2 Å². The van der Waals surface area contributed by atoms with Crippen molar-refractivity contribution in [2.45, 2.75) is 11.0 Å². The van der Waals surface area contributed by atoms with Crippen LogP contribution in [0.15, 0.2) is 47.4 Å². The fourth-order valence-electron chi connectivity index (χ4n) is 2.81. The van der Waals surface area contributed by atoms with Gasteiger partial charge in [0.2, 0.25) is 0 Å². The molecule has 3 rings (SSSR count). The summed E-state index contributed by atoms with van der Waals surface area (Å²) in [5, 5.41) is 13.3. The van der Waals surface area contributed by atoms with E-state index in [1.807, 2.05) is 0 Å². The van der Waals surface area contributed by atoms with E-state index in [1.165, 1.54) is 25.2 Å². The van der Waals surface area contributed by atoms with Crippen LogP contribution in [0.4, 0.5) is 25.4 Å². The second-order valence-electron chi connectivity index (χ2n) is 6.40. The smallest absolute Gasteiger partial charge is 0.409 e. The summed E-state index contributed by atoms with van der Waals surface area (Å²) in [7, 11) is -2.98. The predicted molar refractivity (Wildman–Crippen MR) is 109 cm³/mol. The van der Waals surface area contributed by atoms with Gasteiger partial charge in [0.05, 0.1) is 17.1 Å². The van der Waals surface area contributed by atoms with Crippen LogP contribution in [0.1, 0.15) is 0 Å². The maximum atomic E-state index is 13.3. The minimum absolute atomic E-state index is 0.0297. The van der Waals surface area contributed by atoms with Gasteiger partial charge in [-0.25, -0.2) is 27.8 Å². The first-order chi connectivity index (χ1) is 15.1. The lowest BCUT2D eigenvalue weighted by Gasteiger charge is -2.35. The first-order valence-electron chi connectivity index (χ1n) is 8.98. The Morgan fingerprint density at radius 2 is 1.81 bits per heavy atom. The van der Waals surface area contributed by atoms with Crippen LogP contribution in [-0.2, 0) is 14.8 Å². The normalized spacial score (nSPS) is 15.1. The zero-order valence-electron chi connectivity index (χ0n) is 16.5. The van der Waals surface area contributed by atoms with Crippen LogP contribution in [0.2, 0.25) is 0 Å². The average Bonchev–Trinajstić information content (AvgIpc) is 2.76. The fourth-order valence-corrected chi connectivity index (χ4v) is 4.28. The molecule has 2 aromatic rings. The summed E-state index contributed by atoms with van der Waals surface area (Å²) in [5.74, 6) is -1.51. The Balaban J connectivity index is 2.00. The molecule has 4 amide bonds. The molecule has 1 aliphatic heterocycles. The molecule has 5 N–H and O–H groups in total. The number of rotatable bonds is 4. The summed E-state index contributed by atoms with van der Waals surface area (Å²) in [6.07, 6.45) is -2.74. The number of hydrogen-bond acceptors (Lipinski definition) is 6. The number of nitrogens with zero attached hydrogens (tertiary/aromatic N) is 1. The van der Waals surface area contributed by atoms with E-state index in [4.69, 9.17) is 9.84 Å². The first-order valence-corrected chi connectivity index (χ1v) is 10.4. The van der Waals surface area contributed by atoms with Gasteiger partial charge in [-0.2, -0.15) is 0 Å². The van der Waals surface area contributed by atoms with Crippen molar-refractivity contribution >= 4 is 39.4 Å². The number of amides is 4. The average molecular weight is 467 g/mol. The Hall–Kier alpha value is -4.07. The number of hydrogen-bond donors (Lipinski definition) is 5. The van der Waals surface area contributed by atoms with Gasteiger partial charge >= 0.3 is 12.1 Å². The zero-order chi connectivity index (χ0) is 23.5. The third-order valence-electron chi connectivity index (χ3n) is 4.30. The molecule has 12 nitrogen and oxygen atoms in total. The van der Waals surface area contributed by atoms with Gasteiger partial charge in [0.1, 0.15) is 11.6 Å². The Kier molecular flexibility index (Phi) is 6.34. The topological polar surface area (TPSA) is 166 Å². The molecular formula is C18H18FN5O7S. The lowest BCUT2D eigenvalue weighted by atomic mass is 10.2. The van der Waals surface area contributed by atoms with Gasteiger partial charge in [0, 0.05) is 12.7 Å². The third-order valence-corrected chi connectivity index (χ3v) is 6.09. The number of hydrazine groups is 1. The van der Waals surface area contributed by atoms with E-state index in [0.717, 1.165) is 28.6 Å². The van der Waals surface area contributed by atoms with Crippen LogP contribution in [0, 0.1) is 5.82 Å². The Morgan fingerprint density at radius 1 is 1.12 bits per heavy atom. The SMILES string of the molecule is CNC(=O)NNC(=O)C1CN(S(=O)(=O)c2ccc(F)cc2)c2cc(NC(=O)O)ccc2O1. The number of anilines is 2. The number of fused-ring (bicyclic) bond motifs is 1. The number of urea groups is 1. The number of carboxylic acid groups (broad SMARTS) is 1. The molecule has 14 heteroatoms. The molecule has 0 saturated carbocycles. The highest BCUT2D eigenvalue weighted by atomic mass is 32.2. The monoisotopic (exact) mass is 467 g/mol. The van der Waals surface area contributed by atoms with Gasteiger partial charge < -0.3 is 15.2 Å². The second kappa shape index (κ2) is 8.97. The van der Waals surface area contributed by atoms with Gasteiger partial charge in [-0.1, -0.05) is 0 Å². The van der Waals surface area contributed by atoms with E-state index in [9.17, 15) is 27.2 Å². The molecule has 170 valence electrons. The fraction of sp³-hybridized carbons (Fsp3) is 0.167. The number of benzene rings is 2. The van der Waals surface area contributed by atoms with E-state index < -0.39 is 46.5 Å².